The van der Waals surface area contributed by atoms with Gasteiger partial charge in [0.1, 0.15) is 26.9 Å². The molecule has 0 aliphatic carbocycles. The number of aromatic nitrogens is 2. The second-order valence-corrected chi connectivity index (χ2v) is 8.04. The lowest BCUT2D eigenvalue weighted by Crippen LogP contribution is -2.32. The molecule has 0 aromatic carbocycles. The maximum atomic E-state index is 12.5. The van der Waals surface area contributed by atoms with E-state index in [1.165, 1.54) is 10.8 Å². The molecule has 0 saturated heterocycles. The van der Waals surface area contributed by atoms with E-state index in [4.69, 9.17) is 5.26 Å². The van der Waals surface area contributed by atoms with Gasteiger partial charge in [-0.25, -0.2) is 9.78 Å². The standard InChI is InChI=1S/C19H21N5O4S/c1-5-24-15(25)12(29-16(24)11(9-20)17(26)27)10-21-13-7-6-8-14(22-13)23-18(28)19(2,3)4/h6-8,10H,5H2,1-4H3,(H,26,27)(H2,21,22,23,28). The van der Waals surface area contributed by atoms with Gasteiger partial charge in [0.2, 0.25) is 5.91 Å². The molecule has 2 rings (SSSR count). The van der Waals surface area contributed by atoms with E-state index in [1.54, 1.807) is 52.0 Å². The third-order valence-electron chi connectivity index (χ3n) is 3.79. The molecule has 1 amide bonds. The zero-order valence-corrected chi connectivity index (χ0v) is 17.3. The Labute approximate surface area is 170 Å². The summed E-state index contributed by atoms with van der Waals surface area (Å²) in [5, 5.41) is 23.9. The second-order valence-electron chi connectivity index (χ2n) is 7.01. The molecule has 0 aliphatic heterocycles. The second kappa shape index (κ2) is 8.70. The van der Waals surface area contributed by atoms with Gasteiger partial charge >= 0.3 is 5.97 Å². The molecule has 0 aliphatic rings. The van der Waals surface area contributed by atoms with E-state index >= 15 is 0 Å². The number of nitrogens with zero attached hydrogens (tertiary/aromatic N) is 3. The molecule has 9 nitrogen and oxygen atoms in total. The Balaban J connectivity index is 2.41. The highest BCUT2D eigenvalue weighted by Crippen LogP contribution is 2.17. The Morgan fingerprint density at radius 2 is 2.00 bits per heavy atom. The van der Waals surface area contributed by atoms with Gasteiger partial charge in [-0.1, -0.05) is 26.8 Å². The maximum Gasteiger partial charge on any atom is 0.349 e. The molecule has 3 N–H and O–H groups in total. The van der Waals surface area contributed by atoms with Crippen molar-refractivity contribution in [1.29, 1.82) is 5.26 Å². The summed E-state index contributed by atoms with van der Waals surface area (Å²) in [5.41, 5.74) is -1.47. The number of nitriles is 1. The highest BCUT2D eigenvalue weighted by Gasteiger charge is 2.21. The van der Waals surface area contributed by atoms with Crippen LogP contribution < -0.4 is 25.4 Å². The van der Waals surface area contributed by atoms with E-state index in [0.29, 0.717) is 11.6 Å². The first-order valence-corrected chi connectivity index (χ1v) is 9.52. The Kier molecular flexibility index (Phi) is 6.56. The monoisotopic (exact) mass is 415 g/mol. The largest absolute Gasteiger partial charge is 0.477 e. The normalized spacial score (nSPS) is 12.9. The van der Waals surface area contributed by atoms with Crippen LogP contribution in [0.1, 0.15) is 27.7 Å². The first-order valence-electron chi connectivity index (χ1n) is 8.71. The molecule has 2 heterocycles. The van der Waals surface area contributed by atoms with Gasteiger partial charge in [-0.3, -0.25) is 14.2 Å². The van der Waals surface area contributed by atoms with Crippen LogP contribution in [0.4, 0.5) is 11.6 Å². The van der Waals surface area contributed by atoms with E-state index in [1.807, 2.05) is 0 Å². The van der Waals surface area contributed by atoms with Crippen LogP contribution in [0.2, 0.25) is 0 Å². The van der Waals surface area contributed by atoms with Crippen molar-refractivity contribution >= 4 is 46.6 Å². The number of aliphatic carboxylic acids is 1. The van der Waals surface area contributed by atoms with Gasteiger partial charge in [-0.05, 0) is 19.1 Å². The zero-order chi connectivity index (χ0) is 21.8. The van der Waals surface area contributed by atoms with Crippen molar-refractivity contribution in [3.8, 4) is 6.07 Å². The number of rotatable bonds is 5. The van der Waals surface area contributed by atoms with Crippen LogP contribution >= 0.6 is 11.3 Å². The number of hydrogen-bond acceptors (Lipinski definition) is 7. The van der Waals surface area contributed by atoms with Gasteiger partial charge in [0.25, 0.3) is 5.56 Å². The summed E-state index contributed by atoms with van der Waals surface area (Å²) in [4.78, 5) is 40.1. The van der Waals surface area contributed by atoms with Gasteiger partial charge in [0.05, 0.1) is 0 Å². The number of thiazole rings is 1. The third kappa shape index (κ3) is 5.08. The molecule has 2 aromatic heterocycles. The van der Waals surface area contributed by atoms with E-state index in [2.05, 4.69) is 15.6 Å². The number of carbonyl (C=O) groups is 2. The molecule has 10 heteroatoms. The number of carboxylic acids is 1. The molecule has 29 heavy (non-hydrogen) atoms. The number of carboxylic acid groups (broad SMARTS) is 1. The van der Waals surface area contributed by atoms with Gasteiger partial charge in [-0.15, -0.1) is 11.3 Å². The molecule has 0 fully saturated rings. The molecule has 152 valence electrons. The van der Waals surface area contributed by atoms with Crippen molar-refractivity contribution in [2.45, 2.75) is 34.2 Å². The van der Waals surface area contributed by atoms with Crippen LogP contribution in [0, 0.1) is 16.7 Å². The third-order valence-corrected chi connectivity index (χ3v) is 4.92. The van der Waals surface area contributed by atoms with Crippen molar-refractivity contribution in [3.05, 3.63) is 37.7 Å². The lowest BCUT2D eigenvalue weighted by atomic mass is 9.96. The van der Waals surface area contributed by atoms with Crippen LogP contribution in [-0.2, 0) is 16.1 Å². The molecule has 0 unspecified atom stereocenters. The fourth-order valence-electron chi connectivity index (χ4n) is 2.21. The Morgan fingerprint density at radius 3 is 2.55 bits per heavy atom. The minimum Gasteiger partial charge on any atom is -0.477 e. The van der Waals surface area contributed by atoms with Crippen molar-refractivity contribution in [1.82, 2.24) is 9.55 Å². The first kappa shape index (κ1) is 21.8. The average Bonchev–Trinajstić information content (AvgIpc) is 2.95. The minimum absolute atomic E-state index is 0.0831. The number of hydrogen-bond donors (Lipinski definition) is 3. The summed E-state index contributed by atoms with van der Waals surface area (Å²) in [6.45, 7) is 7.27. The topological polar surface area (TPSA) is 137 Å². The fourth-order valence-corrected chi connectivity index (χ4v) is 3.29. The fraction of sp³-hybridized carbons (Fsp3) is 0.316. The minimum atomic E-state index is -1.39. The van der Waals surface area contributed by atoms with E-state index < -0.39 is 22.5 Å². The van der Waals surface area contributed by atoms with Gasteiger partial charge in [-0.2, -0.15) is 5.26 Å². The maximum absolute atomic E-state index is 12.5. The van der Waals surface area contributed by atoms with Crippen molar-refractivity contribution in [2.75, 3.05) is 10.6 Å². The first-order chi connectivity index (χ1) is 13.6. The Hall–Kier alpha value is -3.45. The van der Waals surface area contributed by atoms with Crippen LogP contribution in [-0.4, -0.2) is 26.5 Å². The van der Waals surface area contributed by atoms with Crippen LogP contribution in [0.15, 0.2) is 23.0 Å². The number of nitrogens with one attached hydrogen (secondary N) is 2. The molecule has 0 saturated carbocycles. The Bertz CT molecular complexity index is 1160. The predicted octanol–water partition coefficient (Wildman–Crippen LogP) is 0.918. The molecular weight excluding hydrogens is 394 g/mol. The molecule has 2 aromatic rings. The van der Waals surface area contributed by atoms with E-state index in [9.17, 15) is 19.5 Å². The summed E-state index contributed by atoms with van der Waals surface area (Å²) < 4.78 is 1.54. The quantitative estimate of drug-likeness (QED) is 0.660. The highest BCUT2D eigenvalue weighted by atomic mass is 32.1. The van der Waals surface area contributed by atoms with Crippen molar-refractivity contribution < 1.29 is 14.7 Å². The number of pyridine rings is 1. The van der Waals surface area contributed by atoms with Crippen LogP contribution in [0.3, 0.4) is 0 Å². The smallest absolute Gasteiger partial charge is 0.349 e. The van der Waals surface area contributed by atoms with Crippen molar-refractivity contribution in [3.63, 3.8) is 0 Å². The lowest BCUT2D eigenvalue weighted by molar-refractivity contribution is -0.130. The summed E-state index contributed by atoms with van der Waals surface area (Å²) >= 11 is 0.904. The van der Waals surface area contributed by atoms with Gasteiger partial charge in [0, 0.05) is 18.2 Å². The van der Waals surface area contributed by atoms with Crippen LogP contribution in [0.25, 0.3) is 11.8 Å². The predicted molar refractivity (Wildman–Crippen MR) is 111 cm³/mol. The zero-order valence-electron chi connectivity index (χ0n) is 16.4. The lowest BCUT2D eigenvalue weighted by Gasteiger charge is -2.17. The number of carbonyl (C=O) groups excluding carboxylic acids is 1. The molecule has 0 spiro atoms. The number of anilines is 2. The van der Waals surface area contributed by atoms with Crippen molar-refractivity contribution in [2.24, 2.45) is 5.41 Å². The van der Waals surface area contributed by atoms with E-state index in [-0.39, 0.29) is 21.6 Å². The molecule has 0 bridgehead atoms. The molecule has 0 atom stereocenters. The van der Waals surface area contributed by atoms with Gasteiger partial charge < -0.3 is 15.7 Å². The Morgan fingerprint density at radius 1 is 1.34 bits per heavy atom. The molecular formula is C19H21N5O4S. The van der Waals surface area contributed by atoms with Gasteiger partial charge in [0.15, 0.2) is 5.57 Å². The SMILES string of the molecule is CCn1c(=C(C#N)C(=O)O)sc(=CNc2cccc(NC(=O)C(C)(C)C)n2)c1=O. The summed E-state index contributed by atoms with van der Waals surface area (Å²) in [5.74, 6) is -0.837. The summed E-state index contributed by atoms with van der Waals surface area (Å²) in [6, 6.07) is 6.61. The average molecular weight is 415 g/mol. The van der Waals surface area contributed by atoms with Crippen LogP contribution in [0.5, 0.6) is 0 Å². The summed E-state index contributed by atoms with van der Waals surface area (Å²) in [6.07, 6.45) is 1.40. The highest BCUT2D eigenvalue weighted by molar-refractivity contribution is 7.07. The summed E-state index contributed by atoms with van der Waals surface area (Å²) in [7, 11) is 0. The number of amides is 1. The molecule has 0 radical (unpaired) electrons. The van der Waals surface area contributed by atoms with E-state index in [0.717, 1.165) is 11.3 Å².